The monoisotopic (exact) mass is 328 g/mol. The molecule has 1 saturated carbocycles. The number of hydrogen-bond donors (Lipinski definition) is 2. The molecule has 0 aromatic carbocycles. The van der Waals surface area contributed by atoms with Gasteiger partial charge >= 0.3 is 0 Å². The minimum atomic E-state index is -0.196. The van der Waals surface area contributed by atoms with E-state index in [-0.39, 0.29) is 16.7 Å². The third-order valence-electron chi connectivity index (χ3n) is 6.64. The molecule has 1 aromatic heterocycles. The lowest BCUT2D eigenvalue weighted by atomic mass is 9.85. The van der Waals surface area contributed by atoms with Gasteiger partial charge in [0.15, 0.2) is 0 Å². The van der Waals surface area contributed by atoms with Crippen LogP contribution in [-0.4, -0.2) is 29.0 Å². The Bertz CT molecular complexity index is 666. The van der Waals surface area contributed by atoms with Crippen molar-refractivity contribution in [1.29, 1.82) is 0 Å². The van der Waals surface area contributed by atoms with Gasteiger partial charge < -0.3 is 10.6 Å². The van der Waals surface area contributed by atoms with Gasteiger partial charge in [0.25, 0.3) is 0 Å². The van der Waals surface area contributed by atoms with Crippen LogP contribution >= 0.6 is 0 Å². The summed E-state index contributed by atoms with van der Waals surface area (Å²) in [7, 11) is 0. The smallest absolute Gasteiger partial charge is 0.226 e. The Morgan fingerprint density at radius 1 is 1.21 bits per heavy atom. The second-order valence-corrected chi connectivity index (χ2v) is 8.08. The molecular formula is C19H28N4O. The molecule has 1 saturated heterocycles. The second-order valence-electron chi connectivity index (χ2n) is 8.08. The van der Waals surface area contributed by atoms with Crippen LogP contribution in [0.3, 0.4) is 0 Å². The van der Waals surface area contributed by atoms with Gasteiger partial charge in [-0.1, -0.05) is 6.92 Å². The molecule has 5 nitrogen and oxygen atoms in total. The first kappa shape index (κ1) is 16.0. The second kappa shape index (κ2) is 5.80. The number of amides is 1. The molecule has 2 N–H and O–H groups in total. The largest absolute Gasteiger partial charge is 0.348 e. The zero-order chi connectivity index (χ0) is 16.8. The highest BCUT2D eigenvalue weighted by Crippen LogP contribution is 2.68. The summed E-state index contributed by atoms with van der Waals surface area (Å²) < 4.78 is 0. The highest BCUT2D eigenvalue weighted by atomic mass is 16.2. The first-order chi connectivity index (χ1) is 11.5. The van der Waals surface area contributed by atoms with E-state index in [1.165, 1.54) is 24.1 Å². The van der Waals surface area contributed by atoms with Gasteiger partial charge in [-0.15, -0.1) is 0 Å². The number of nitrogens with zero attached hydrogens (tertiary/aromatic N) is 2. The summed E-state index contributed by atoms with van der Waals surface area (Å²) in [6, 6.07) is 0. The van der Waals surface area contributed by atoms with E-state index in [1.54, 1.807) is 0 Å². The number of rotatable bonds is 3. The van der Waals surface area contributed by atoms with Gasteiger partial charge in [-0.05, 0) is 75.9 Å². The molecular weight excluding hydrogens is 300 g/mol. The summed E-state index contributed by atoms with van der Waals surface area (Å²) in [6.07, 6.45) is 7.86. The molecule has 1 spiro atoms. The Hall–Kier alpha value is -1.49. The molecule has 0 bridgehead atoms. The van der Waals surface area contributed by atoms with Crippen molar-refractivity contribution in [3.8, 4) is 0 Å². The lowest BCUT2D eigenvalue weighted by molar-refractivity contribution is -0.127. The average molecular weight is 328 g/mol. The SMILES string of the molecule is Cc1nc(CNC(=O)C2(C)CC23CCNCC3)nc2c1CCCC2. The van der Waals surface area contributed by atoms with E-state index in [0.29, 0.717) is 6.54 Å². The van der Waals surface area contributed by atoms with Crippen LogP contribution in [0.4, 0.5) is 0 Å². The van der Waals surface area contributed by atoms with Gasteiger partial charge in [0.2, 0.25) is 5.91 Å². The molecule has 1 unspecified atom stereocenters. The number of carbonyl (C=O) groups excluding carboxylic acids is 1. The third-order valence-corrected chi connectivity index (χ3v) is 6.64. The molecule has 1 atom stereocenters. The van der Waals surface area contributed by atoms with Gasteiger partial charge in [-0.25, -0.2) is 9.97 Å². The minimum absolute atomic E-state index is 0.184. The van der Waals surface area contributed by atoms with Crippen LogP contribution in [0.5, 0.6) is 0 Å². The van der Waals surface area contributed by atoms with E-state index in [1.807, 2.05) is 0 Å². The molecule has 2 aliphatic carbocycles. The van der Waals surface area contributed by atoms with Crippen LogP contribution in [0.15, 0.2) is 0 Å². The first-order valence-electron chi connectivity index (χ1n) is 9.38. The average Bonchev–Trinajstić information content (AvgIpc) is 3.17. The molecule has 5 heteroatoms. The zero-order valence-corrected chi connectivity index (χ0v) is 14.9. The maximum absolute atomic E-state index is 12.8. The highest BCUT2D eigenvalue weighted by molar-refractivity contribution is 5.86. The Kier molecular flexibility index (Phi) is 3.87. The van der Waals surface area contributed by atoms with Gasteiger partial charge in [-0.3, -0.25) is 4.79 Å². The van der Waals surface area contributed by atoms with Crippen molar-refractivity contribution >= 4 is 5.91 Å². The van der Waals surface area contributed by atoms with Crippen molar-refractivity contribution < 1.29 is 4.79 Å². The summed E-state index contributed by atoms with van der Waals surface area (Å²) in [5.74, 6) is 0.952. The number of carbonyl (C=O) groups is 1. The van der Waals surface area contributed by atoms with Crippen molar-refractivity contribution in [3.63, 3.8) is 0 Å². The fraction of sp³-hybridized carbons (Fsp3) is 0.737. The van der Waals surface area contributed by atoms with Gasteiger partial charge in [0.05, 0.1) is 12.0 Å². The zero-order valence-electron chi connectivity index (χ0n) is 14.9. The number of piperidine rings is 1. The lowest BCUT2D eigenvalue weighted by Crippen LogP contribution is -2.38. The molecule has 2 heterocycles. The molecule has 4 rings (SSSR count). The lowest BCUT2D eigenvalue weighted by Gasteiger charge is -2.27. The van der Waals surface area contributed by atoms with Crippen molar-refractivity contribution in [3.05, 3.63) is 22.8 Å². The van der Waals surface area contributed by atoms with Gasteiger partial charge in [0.1, 0.15) is 5.82 Å². The molecule has 24 heavy (non-hydrogen) atoms. The van der Waals surface area contributed by atoms with E-state index >= 15 is 0 Å². The minimum Gasteiger partial charge on any atom is -0.348 e. The maximum atomic E-state index is 12.8. The summed E-state index contributed by atoms with van der Waals surface area (Å²) in [5.41, 5.74) is 3.66. The summed E-state index contributed by atoms with van der Waals surface area (Å²) in [4.78, 5) is 22.1. The molecule has 3 aliphatic rings. The van der Waals surface area contributed by atoms with Crippen molar-refractivity contribution in [2.75, 3.05) is 13.1 Å². The molecule has 1 aliphatic heterocycles. The predicted octanol–water partition coefficient (Wildman–Crippen LogP) is 2.06. The standard InChI is InChI=1S/C19H28N4O/c1-13-14-5-3-4-6-15(14)23-16(22-13)11-21-17(24)18(2)12-19(18)7-9-20-10-8-19/h20H,3-12H2,1-2H3,(H,21,24). The molecule has 1 aromatic rings. The normalized spacial score (nSPS) is 27.6. The first-order valence-corrected chi connectivity index (χ1v) is 9.38. The molecule has 2 fully saturated rings. The number of nitrogens with one attached hydrogen (secondary N) is 2. The quantitative estimate of drug-likeness (QED) is 0.891. The van der Waals surface area contributed by atoms with E-state index < -0.39 is 0 Å². The Morgan fingerprint density at radius 3 is 2.75 bits per heavy atom. The Balaban J connectivity index is 1.42. The maximum Gasteiger partial charge on any atom is 0.226 e. The number of fused-ring (bicyclic) bond motifs is 1. The van der Waals surface area contributed by atoms with E-state index in [0.717, 1.165) is 56.7 Å². The third kappa shape index (κ3) is 2.53. The van der Waals surface area contributed by atoms with E-state index in [2.05, 4.69) is 29.5 Å². The predicted molar refractivity (Wildman–Crippen MR) is 92.5 cm³/mol. The van der Waals surface area contributed by atoms with Crippen molar-refractivity contribution in [1.82, 2.24) is 20.6 Å². The van der Waals surface area contributed by atoms with Crippen LogP contribution in [0.1, 0.15) is 61.8 Å². The summed E-state index contributed by atoms with van der Waals surface area (Å²) >= 11 is 0. The number of aryl methyl sites for hydroxylation is 2. The van der Waals surface area contributed by atoms with Crippen LogP contribution in [0, 0.1) is 17.8 Å². The summed E-state index contributed by atoms with van der Waals surface area (Å²) in [5, 5.41) is 6.52. The fourth-order valence-corrected chi connectivity index (χ4v) is 4.87. The Labute approximate surface area is 144 Å². The molecule has 1 amide bonds. The van der Waals surface area contributed by atoms with Crippen LogP contribution in [-0.2, 0) is 24.2 Å². The van der Waals surface area contributed by atoms with Gasteiger partial charge in [0, 0.05) is 11.4 Å². The van der Waals surface area contributed by atoms with Crippen LogP contribution in [0.2, 0.25) is 0 Å². The highest BCUT2D eigenvalue weighted by Gasteiger charge is 2.67. The number of aromatic nitrogens is 2. The molecule has 0 radical (unpaired) electrons. The molecule has 130 valence electrons. The van der Waals surface area contributed by atoms with Gasteiger partial charge in [-0.2, -0.15) is 0 Å². The van der Waals surface area contributed by atoms with Crippen LogP contribution in [0.25, 0.3) is 0 Å². The van der Waals surface area contributed by atoms with Crippen LogP contribution < -0.4 is 10.6 Å². The summed E-state index contributed by atoms with van der Waals surface area (Å²) in [6.45, 7) is 6.73. The Morgan fingerprint density at radius 2 is 1.96 bits per heavy atom. The topological polar surface area (TPSA) is 66.9 Å². The van der Waals surface area contributed by atoms with E-state index in [4.69, 9.17) is 4.98 Å². The van der Waals surface area contributed by atoms with E-state index in [9.17, 15) is 4.79 Å². The number of hydrogen-bond acceptors (Lipinski definition) is 4. The van der Waals surface area contributed by atoms with Crippen molar-refractivity contribution in [2.45, 2.75) is 65.3 Å². The van der Waals surface area contributed by atoms with Crippen molar-refractivity contribution in [2.24, 2.45) is 10.8 Å². The fourth-order valence-electron chi connectivity index (χ4n) is 4.87.